The normalized spacial score (nSPS) is 15.4. The minimum Gasteiger partial charge on any atom is -0.475 e. The molecule has 2 rings (SSSR count). The Kier molecular flexibility index (Phi) is 13.1. The Labute approximate surface area is 199 Å². The Hall–Kier alpha value is -2.78. The van der Waals surface area contributed by atoms with Gasteiger partial charge in [0.15, 0.2) is 5.96 Å². The van der Waals surface area contributed by atoms with E-state index in [2.05, 4.69) is 24.4 Å². The Morgan fingerprint density at radius 3 is 2.12 bits per heavy atom. The van der Waals surface area contributed by atoms with E-state index in [9.17, 15) is 18.0 Å². The number of guanidine groups is 1. The highest BCUT2D eigenvalue weighted by molar-refractivity contribution is 5.97. The number of carboxylic acids is 1. The molecular formula is C24H37F3N4O3. The second-order valence-corrected chi connectivity index (χ2v) is 8.45. The van der Waals surface area contributed by atoms with Crippen LogP contribution >= 0.6 is 0 Å². The highest BCUT2D eigenvalue weighted by Gasteiger charge is 2.38. The number of halogens is 3. The highest BCUT2D eigenvalue weighted by atomic mass is 19.4. The number of aliphatic carboxylic acids is 1. The van der Waals surface area contributed by atoms with Gasteiger partial charge in [-0.1, -0.05) is 64.0 Å². The van der Waals surface area contributed by atoms with Crippen molar-refractivity contribution in [2.24, 2.45) is 5.73 Å². The minimum atomic E-state index is -5.08. The van der Waals surface area contributed by atoms with Gasteiger partial charge in [0.05, 0.1) is 0 Å². The molecule has 7 nitrogen and oxygen atoms in total. The van der Waals surface area contributed by atoms with E-state index in [4.69, 9.17) is 21.0 Å². The van der Waals surface area contributed by atoms with Crippen LogP contribution in [-0.4, -0.2) is 46.6 Å². The number of nitrogens with zero attached hydrogens (tertiary/aromatic N) is 1. The molecule has 0 bridgehead atoms. The van der Waals surface area contributed by atoms with Gasteiger partial charge in [-0.3, -0.25) is 10.2 Å². The summed E-state index contributed by atoms with van der Waals surface area (Å²) in [6, 6.07) is 7.85. The average Bonchev–Trinajstić information content (AvgIpc) is 3.27. The first-order valence-electron chi connectivity index (χ1n) is 11.9. The summed E-state index contributed by atoms with van der Waals surface area (Å²) in [7, 11) is 0. The van der Waals surface area contributed by atoms with Gasteiger partial charge < -0.3 is 21.1 Å². The smallest absolute Gasteiger partial charge is 0.475 e. The van der Waals surface area contributed by atoms with Gasteiger partial charge in [-0.05, 0) is 43.4 Å². The van der Waals surface area contributed by atoms with Crippen LogP contribution in [-0.2, 0) is 16.0 Å². The molecule has 0 aromatic heterocycles. The van der Waals surface area contributed by atoms with E-state index in [-0.39, 0.29) is 17.9 Å². The quantitative estimate of drug-likeness (QED) is 0.192. The molecule has 0 unspecified atom stereocenters. The number of hydrogen-bond donors (Lipinski definition) is 4. The fraction of sp³-hybridized carbons (Fsp3) is 0.625. The Balaban J connectivity index is 0.000000718. The lowest BCUT2D eigenvalue weighted by molar-refractivity contribution is -0.192. The number of amides is 1. The lowest BCUT2D eigenvalue weighted by Crippen LogP contribution is -2.46. The lowest BCUT2D eigenvalue weighted by atomic mass is 10.0. The molecule has 0 spiro atoms. The fourth-order valence-corrected chi connectivity index (χ4v) is 3.77. The first kappa shape index (κ1) is 29.3. The molecule has 192 valence electrons. The Morgan fingerprint density at radius 1 is 1.09 bits per heavy atom. The van der Waals surface area contributed by atoms with Crippen LogP contribution in [0.1, 0.15) is 76.7 Å². The second kappa shape index (κ2) is 15.2. The summed E-state index contributed by atoms with van der Waals surface area (Å²) < 4.78 is 31.7. The van der Waals surface area contributed by atoms with Gasteiger partial charge >= 0.3 is 12.1 Å². The van der Waals surface area contributed by atoms with E-state index >= 15 is 0 Å². The van der Waals surface area contributed by atoms with Crippen molar-refractivity contribution in [1.29, 1.82) is 5.41 Å². The highest BCUT2D eigenvalue weighted by Crippen LogP contribution is 2.19. The SMILES string of the molecule is CCCCCCCCCCc1ccc(NC(=O)[C@H]2CCCN2C(=N)N)cc1.O=C(O)C(F)(F)F. The van der Waals surface area contributed by atoms with Crippen molar-refractivity contribution in [3.8, 4) is 0 Å². The molecule has 0 saturated carbocycles. The van der Waals surface area contributed by atoms with E-state index in [1.54, 1.807) is 4.90 Å². The van der Waals surface area contributed by atoms with Crippen molar-refractivity contribution in [2.75, 3.05) is 11.9 Å². The number of carbonyl (C=O) groups excluding carboxylic acids is 1. The van der Waals surface area contributed by atoms with Gasteiger partial charge in [-0.25, -0.2) is 4.79 Å². The topological polar surface area (TPSA) is 120 Å². The molecule has 10 heteroatoms. The van der Waals surface area contributed by atoms with Gasteiger partial charge in [0, 0.05) is 12.2 Å². The molecule has 1 amide bonds. The molecule has 1 aliphatic rings. The number of aryl methyl sites for hydroxylation is 1. The Bertz CT molecular complexity index is 770. The van der Waals surface area contributed by atoms with E-state index in [0.29, 0.717) is 6.54 Å². The monoisotopic (exact) mass is 486 g/mol. The number of rotatable bonds is 11. The summed E-state index contributed by atoms with van der Waals surface area (Å²) in [5.41, 5.74) is 7.71. The third-order valence-electron chi connectivity index (χ3n) is 5.65. The number of unbranched alkanes of at least 4 members (excludes halogenated alkanes) is 7. The number of likely N-dealkylation sites (tertiary alicyclic amines) is 1. The first-order valence-corrected chi connectivity index (χ1v) is 11.9. The number of nitrogens with one attached hydrogen (secondary N) is 2. The summed E-state index contributed by atoms with van der Waals surface area (Å²) >= 11 is 0. The minimum absolute atomic E-state index is 0.0200. The number of anilines is 1. The van der Waals surface area contributed by atoms with Crippen LogP contribution in [0.15, 0.2) is 24.3 Å². The van der Waals surface area contributed by atoms with Gasteiger partial charge in [0.25, 0.3) is 0 Å². The zero-order chi connectivity index (χ0) is 25.6. The lowest BCUT2D eigenvalue weighted by Gasteiger charge is -2.23. The molecule has 1 saturated heterocycles. The predicted molar refractivity (Wildman–Crippen MR) is 127 cm³/mol. The van der Waals surface area contributed by atoms with Gasteiger partial charge in [-0.2, -0.15) is 13.2 Å². The number of hydrogen-bond acceptors (Lipinski definition) is 3. The fourth-order valence-electron chi connectivity index (χ4n) is 3.77. The second-order valence-electron chi connectivity index (χ2n) is 8.45. The standard InChI is InChI=1S/C22H36N4O.C2HF3O2/c1-2-3-4-5-6-7-8-9-11-18-13-15-19(16-14-18)25-21(27)20-12-10-17-26(20)22(23)24;3-2(4,5)1(6)7/h13-16,20H,2-12,17H2,1H3,(H3,23,24)(H,25,27);(H,6,7)/t20-;/m1./s1. The predicted octanol–water partition coefficient (Wildman–Crippen LogP) is 5.30. The van der Waals surface area contributed by atoms with Crippen molar-refractivity contribution in [1.82, 2.24) is 4.90 Å². The van der Waals surface area contributed by atoms with Crippen molar-refractivity contribution in [3.05, 3.63) is 29.8 Å². The van der Waals surface area contributed by atoms with Crippen molar-refractivity contribution >= 4 is 23.5 Å². The molecule has 1 aromatic rings. The van der Waals surface area contributed by atoms with Crippen LogP contribution < -0.4 is 11.1 Å². The molecule has 1 fully saturated rings. The van der Waals surface area contributed by atoms with E-state index < -0.39 is 12.1 Å². The molecular weight excluding hydrogens is 449 g/mol. The van der Waals surface area contributed by atoms with Crippen molar-refractivity contribution in [3.63, 3.8) is 0 Å². The number of benzene rings is 1. The maximum absolute atomic E-state index is 12.4. The molecule has 34 heavy (non-hydrogen) atoms. The van der Waals surface area contributed by atoms with Crippen LogP contribution in [0.2, 0.25) is 0 Å². The average molecular weight is 487 g/mol. The molecule has 1 heterocycles. The maximum atomic E-state index is 12.4. The van der Waals surface area contributed by atoms with Gasteiger partial charge in [0.1, 0.15) is 6.04 Å². The third-order valence-corrected chi connectivity index (χ3v) is 5.65. The number of nitrogens with two attached hydrogens (primary N) is 1. The van der Waals surface area contributed by atoms with Crippen LogP contribution in [0.5, 0.6) is 0 Å². The molecule has 5 N–H and O–H groups in total. The maximum Gasteiger partial charge on any atom is 0.490 e. The van der Waals surface area contributed by atoms with Gasteiger partial charge in [0.2, 0.25) is 5.91 Å². The molecule has 1 aliphatic heterocycles. The largest absolute Gasteiger partial charge is 0.490 e. The summed E-state index contributed by atoms with van der Waals surface area (Å²) in [6.07, 6.45) is 8.35. The van der Waals surface area contributed by atoms with Gasteiger partial charge in [-0.15, -0.1) is 0 Å². The molecule has 1 atom stereocenters. The third kappa shape index (κ3) is 11.4. The number of carbonyl (C=O) groups is 2. The first-order chi connectivity index (χ1) is 16.1. The summed E-state index contributed by atoms with van der Waals surface area (Å²) in [6.45, 7) is 2.94. The van der Waals surface area contributed by atoms with E-state index in [1.165, 1.54) is 56.9 Å². The Morgan fingerprint density at radius 2 is 1.62 bits per heavy atom. The number of carboxylic acid groups (broad SMARTS) is 1. The van der Waals surface area contributed by atoms with E-state index in [0.717, 1.165) is 24.9 Å². The van der Waals surface area contributed by atoms with Crippen molar-refractivity contribution < 1.29 is 27.9 Å². The van der Waals surface area contributed by atoms with Crippen LogP contribution in [0.4, 0.5) is 18.9 Å². The molecule has 0 aliphatic carbocycles. The van der Waals surface area contributed by atoms with E-state index in [1.807, 2.05) is 12.1 Å². The van der Waals surface area contributed by atoms with Crippen LogP contribution in [0.25, 0.3) is 0 Å². The summed E-state index contributed by atoms with van der Waals surface area (Å²) in [4.78, 5) is 23.0. The van der Waals surface area contributed by atoms with Crippen LogP contribution in [0.3, 0.4) is 0 Å². The molecule has 1 aromatic carbocycles. The zero-order valence-electron chi connectivity index (χ0n) is 19.8. The molecule has 0 radical (unpaired) electrons. The number of alkyl halides is 3. The van der Waals surface area contributed by atoms with Crippen molar-refractivity contribution in [2.45, 2.75) is 89.8 Å². The summed E-state index contributed by atoms with van der Waals surface area (Å²) in [5.74, 6) is -2.85. The zero-order valence-corrected chi connectivity index (χ0v) is 19.8. The summed E-state index contributed by atoms with van der Waals surface area (Å²) in [5, 5.41) is 17.7. The van der Waals surface area contributed by atoms with Crippen LogP contribution in [0, 0.1) is 5.41 Å².